The van der Waals surface area contributed by atoms with Gasteiger partial charge in [0.2, 0.25) is 0 Å². The fourth-order valence-corrected chi connectivity index (χ4v) is 2.79. The van der Waals surface area contributed by atoms with Crippen LogP contribution in [0.1, 0.15) is 33.6 Å². The van der Waals surface area contributed by atoms with Gasteiger partial charge in [0.05, 0.1) is 0 Å². The lowest BCUT2D eigenvalue weighted by molar-refractivity contribution is 0.0489. The largest absolute Gasteiger partial charge is 0.444 e. The highest BCUT2D eigenvalue weighted by Crippen LogP contribution is 2.15. The van der Waals surface area contributed by atoms with Gasteiger partial charge in [-0.2, -0.15) is 4.31 Å². The van der Waals surface area contributed by atoms with E-state index in [0.717, 1.165) is 4.31 Å². The molecule has 1 heterocycles. The maximum atomic E-state index is 11.6. The number of carbonyl (C=O) groups excluding carboxylic acids is 2. The SMILES string of the molecule is CC(C)(C)OC(=O)NC1CCN(S(=O)(=O)C(N)=O)CC1. The third kappa shape index (κ3) is 4.64. The van der Waals surface area contributed by atoms with Gasteiger partial charge in [0.1, 0.15) is 5.60 Å². The minimum Gasteiger partial charge on any atom is -0.444 e. The van der Waals surface area contributed by atoms with Crippen LogP contribution in [-0.2, 0) is 14.8 Å². The van der Waals surface area contributed by atoms with Gasteiger partial charge in [0, 0.05) is 19.1 Å². The van der Waals surface area contributed by atoms with Crippen molar-refractivity contribution in [3.05, 3.63) is 0 Å². The average Bonchev–Trinajstić information content (AvgIpc) is 2.26. The summed E-state index contributed by atoms with van der Waals surface area (Å²) in [5, 5.41) is 1.33. The number of ether oxygens (including phenoxy) is 1. The van der Waals surface area contributed by atoms with Crippen molar-refractivity contribution in [2.75, 3.05) is 13.1 Å². The maximum Gasteiger partial charge on any atom is 0.407 e. The molecule has 1 aliphatic heterocycles. The molecule has 0 radical (unpaired) electrons. The van der Waals surface area contributed by atoms with Crippen LogP contribution in [-0.4, -0.2) is 48.8 Å². The number of primary amides is 1. The van der Waals surface area contributed by atoms with Gasteiger partial charge in [-0.1, -0.05) is 0 Å². The third-order valence-corrected chi connectivity index (χ3v) is 4.32. The summed E-state index contributed by atoms with van der Waals surface area (Å²) >= 11 is 0. The highest BCUT2D eigenvalue weighted by Gasteiger charge is 2.32. The van der Waals surface area contributed by atoms with E-state index < -0.39 is 27.0 Å². The Morgan fingerprint density at radius 3 is 2.15 bits per heavy atom. The second-order valence-corrected chi connectivity index (χ2v) is 7.51. The number of piperidine rings is 1. The number of nitrogens with zero attached hydrogens (tertiary/aromatic N) is 1. The van der Waals surface area contributed by atoms with Crippen LogP contribution in [0.4, 0.5) is 9.59 Å². The number of nitrogens with two attached hydrogens (primary N) is 1. The van der Waals surface area contributed by atoms with Gasteiger partial charge >= 0.3 is 11.3 Å². The molecule has 0 unspecified atom stereocenters. The lowest BCUT2D eigenvalue weighted by atomic mass is 10.1. The number of hydrogen-bond donors (Lipinski definition) is 2. The molecule has 3 N–H and O–H groups in total. The Balaban J connectivity index is 2.48. The van der Waals surface area contributed by atoms with Crippen LogP contribution in [0.3, 0.4) is 0 Å². The summed E-state index contributed by atoms with van der Waals surface area (Å²) in [6.07, 6.45) is 0.283. The predicted octanol–water partition coefficient (Wildman–Crippen LogP) is 0.384. The summed E-state index contributed by atoms with van der Waals surface area (Å²) in [7, 11) is -4.05. The van der Waals surface area contributed by atoms with Crippen molar-refractivity contribution in [3.8, 4) is 0 Å². The summed E-state index contributed by atoms with van der Waals surface area (Å²) in [6, 6.07) is -0.177. The van der Waals surface area contributed by atoms with Crippen LogP contribution in [0.5, 0.6) is 0 Å². The first-order valence-electron chi connectivity index (χ1n) is 6.31. The molecular formula is C11H21N3O5S. The van der Waals surface area contributed by atoms with Crippen molar-refractivity contribution < 1.29 is 22.7 Å². The summed E-state index contributed by atoms with van der Waals surface area (Å²) < 4.78 is 29.2. The van der Waals surface area contributed by atoms with E-state index in [9.17, 15) is 18.0 Å². The zero-order valence-electron chi connectivity index (χ0n) is 11.9. The van der Waals surface area contributed by atoms with Crippen molar-refractivity contribution in [2.24, 2.45) is 5.73 Å². The van der Waals surface area contributed by atoms with Crippen LogP contribution in [0.15, 0.2) is 0 Å². The van der Waals surface area contributed by atoms with Gasteiger partial charge in [0.15, 0.2) is 0 Å². The van der Waals surface area contributed by atoms with Gasteiger partial charge in [-0.15, -0.1) is 0 Å². The molecule has 0 atom stereocenters. The zero-order valence-corrected chi connectivity index (χ0v) is 12.7. The molecular weight excluding hydrogens is 286 g/mol. The number of sulfonamides is 1. The van der Waals surface area contributed by atoms with Crippen LogP contribution in [0, 0.1) is 0 Å². The number of amides is 2. The van der Waals surface area contributed by atoms with E-state index in [1.54, 1.807) is 20.8 Å². The molecule has 0 aromatic rings. The molecule has 9 heteroatoms. The smallest absolute Gasteiger partial charge is 0.407 e. The van der Waals surface area contributed by atoms with Crippen LogP contribution in [0.2, 0.25) is 0 Å². The zero-order chi connectivity index (χ0) is 15.6. The van der Waals surface area contributed by atoms with Crippen LogP contribution < -0.4 is 11.1 Å². The van der Waals surface area contributed by atoms with Crippen molar-refractivity contribution >= 4 is 21.4 Å². The Kier molecular flexibility index (Phi) is 4.98. The summed E-state index contributed by atoms with van der Waals surface area (Å²) in [5.74, 6) is 0. The quantitative estimate of drug-likeness (QED) is 0.764. The fraction of sp³-hybridized carbons (Fsp3) is 0.818. The number of alkyl carbamates (subject to hydrolysis) is 1. The normalized spacial score (nSPS) is 18.6. The molecule has 0 aromatic carbocycles. The molecule has 0 aromatic heterocycles. The molecule has 0 bridgehead atoms. The minimum absolute atomic E-state index is 0.145. The van der Waals surface area contributed by atoms with E-state index in [-0.39, 0.29) is 19.1 Å². The van der Waals surface area contributed by atoms with Crippen molar-refractivity contribution in [1.29, 1.82) is 0 Å². The number of nitrogens with one attached hydrogen (secondary N) is 1. The Morgan fingerprint density at radius 2 is 1.75 bits per heavy atom. The lowest BCUT2D eigenvalue weighted by Crippen LogP contribution is -2.49. The molecule has 0 saturated carbocycles. The topological polar surface area (TPSA) is 119 Å². The molecule has 0 spiro atoms. The summed E-state index contributed by atoms with van der Waals surface area (Å²) in [4.78, 5) is 22.4. The van der Waals surface area contributed by atoms with E-state index >= 15 is 0 Å². The Labute approximate surface area is 118 Å². The summed E-state index contributed by atoms with van der Waals surface area (Å²) in [5.41, 5.74) is 4.24. The molecule has 1 aliphatic rings. The monoisotopic (exact) mass is 307 g/mol. The fourth-order valence-electron chi connectivity index (χ4n) is 1.84. The minimum atomic E-state index is -4.05. The highest BCUT2D eigenvalue weighted by atomic mass is 32.2. The number of carbonyl (C=O) groups is 2. The Bertz CT molecular complexity index is 475. The first-order valence-corrected chi connectivity index (χ1v) is 7.75. The maximum absolute atomic E-state index is 11.6. The van der Waals surface area contributed by atoms with Gasteiger partial charge in [-0.25, -0.2) is 13.2 Å². The van der Waals surface area contributed by atoms with Crippen molar-refractivity contribution in [1.82, 2.24) is 9.62 Å². The van der Waals surface area contributed by atoms with E-state index in [1.807, 2.05) is 0 Å². The van der Waals surface area contributed by atoms with Crippen LogP contribution in [0.25, 0.3) is 0 Å². The summed E-state index contributed by atoms with van der Waals surface area (Å²) in [6.45, 7) is 5.56. The Morgan fingerprint density at radius 1 is 1.25 bits per heavy atom. The second-order valence-electron chi connectivity index (χ2n) is 5.64. The van der Waals surface area contributed by atoms with E-state index in [1.165, 1.54) is 0 Å². The first-order chi connectivity index (χ1) is 9.02. The molecule has 8 nitrogen and oxygen atoms in total. The molecule has 2 amide bonds. The Hall–Kier alpha value is -1.35. The number of hydrogen-bond acceptors (Lipinski definition) is 5. The van der Waals surface area contributed by atoms with Gasteiger partial charge in [-0.3, -0.25) is 4.79 Å². The average molecular weight is 307 g/mol. The van der Waals surface area contributed by atoms with Crippen molar-refractivity contribution in [2.45, 2.75) is 45.3 Å². The molecule has 0 aliphatic carbocycles. The van der Waals surface area contributed by atoms with E-state index in [0.29, 0.717) is 12.8 Å². The second kappa shape index (κ2) is 5.96. The van der Waals surface area contributed by atoms with Gasteiger partial charge in [-0.05, 0) is 33.6 Å². The van der Waals surface area contributed by atoms with Crippen LogP contribution >= 0.6 is 0 Å². The van der Waals surface area contributed by atoms with Crippen molar-refractivity contribution in [3.63, 3.8) is 0 Å². The molecule has 1 fully saturated rings. The lowest BCUT2D eigenvalue weighted by Gasteiger charge is -2.31. The van der Waals surface area contributed by atoms with Gasteiger partial charge < -0.3 is 15.8 Å². The molecule has 1 rings (SSSR count). The molecule has 20 heavy (non-hydrogen) atoms. The third-order valence-electron chi connectivity index (χ3n) is 2.77. The highest BCUT2D eigenvalue weighted by molar-refractivity contribution is 8.03. The van der Waals surface area contributed by atoms with Gasteiger partial charge in [0.25, 0.3) is 10.0 Å². The molecule has 1 saturated heterocycles. The first kappa shape index (κ1) is 16.7. The van der Waals surface area contributed by atoms with E-state index in [4.69, 9.17) is 10.5 Å². The molecule has 116 valence electrons. The predicted molar refractivity (Wildman–Crippen MR) is 72.5 cm³/mol. The standard InChI is InChI=1S/C11H21N3O5S/c1-11(2,3)19-10(16)13-8-4-6-14(7-5-8)20(17,18)9(12)15/h8H,4-7H2,1-3H3,(H2,12,15)(H,13,16). The number of rotatable bonds is 2. The van der Waals surface area contributed by atoms with E-state index in [2.05, 4.69) is 5.32 Å².